The third-order valence-electron chi connectivity index (χ3n) is 5.21. The molecule has 24 heavy (non-hydrogen) atoms. The van der Waals surface area contributed by atoms with Crippen LogP contribution >= 0.6 is 0 Å². The molecule has 8 heteroatoms. The summed E-state index contributed by atoms with van der Waals surface area (Å²) in [7, 11) is 1.77. The number of anilines is 2. The normalized spacial score (nSPS) is 28.1. The number of carbonyl (C=O) groups excluding carboxylic acids is 1. The van der Waals surface area contributed by atoms with Crippen molar-refractivity contribution in [3.05, 3.63) is 12.4 Å². The van der Waals surface area contributed by atoms with Crippen LogP contribution in [0.4, 0.5) is 16.4 Å². The Hall–Kier alpha value is -2.09. The van der Waals surface area contributed by atoms with Crippen LogP contribution < -0.4 is 9.80 Å². The van der Waals surface area contributed by atoms with Gasteiger partial charge in [-0.15, -0.1) is 0 Å². The smallest absolute Gasteiger partial charge is 0.410 e. The largest absolute Gasteiger partial charge is 0.439 e. The highest BCUT2D eigenvalue weighted by atomic mass is 16.6. The average molecular weight is 333 g/mol. The number of aliphatic hydroxyl groups is 1. The molecular formula is C16H23N5O3. The van der Waals surface area contributed by atoms with E-state index in [0.29, 0.717) is 13.1 Å². The molecule has 4 heterocycles. The quantitative estimate of drug-likeness (QED) is 0.842. The summed E-state index contributed by atoms with van der Waals surface area (Å²) in [5.41, 5.74) is -0.411. The van der Waals surface area contributed by atoms with Gasteiger partial charge in [0.15, 0.2) is 5.60 Å². The van der Waals surface area contributed by atoms with E-state index in [4.69, 9.17) is 4.74 Å². The topological polar surface area (TPSA) is 82.0 Å². The average Bonchev–Trinajstić information content (AvgIpc) is 3.11. The summed E-state index contributed by atoms with van der Waals surface area (Å²) in [5.74, 6) is 1.77. The number of rotatable bonds is 2. The Bertz CT molecular complexity index is 634. The minimum absolute atomic E-state index is 0.199. The lowest BCUT2D eigenvalue weighted by molar-refractivity contribution is 0.0741. The Morgan fingerprint density at radius 3 is 2.54 bits per heavy atom. The number of aromatic nitrogens is 2. The highest BCUT2D eigenvalue weighted by Gasteiger charge is 2.48. The van der Waals surface area contributed by atoms with E-state index in [1.165, 1.54) is 0 Å². The molecule has 1 amide bonds. The van der Waals surface area contributed by atoms with Gasteiger partial charge in [-0.1, -0.05) is 0 Å². The molecule has 130 valence electrons. The summed E-state index contributed by atoms with van der Waals surface area (Å²) >= 11 is 0. The fourth-order valence-corrected chi connectivity index (χ4v) is 3.82. The summed E-state index contributed by atoms with van der Waals surface area (Å²) in [4.78, 5) is 26.5. The summed E-state index contributed by atoms with van der Waals surface area (Å²) in [6, 6.07) is 2.00. The van der Waals surface area contributed by atoms with Crippen LogP contribution in [-0.2, 0) is 4.74 Å². The second-order valence-electron chi connectivity index (χ2n) is 7.03. The fourth-order valence-electron chi connectivity index (χ4n) is 3.82. The lowest BCUT2D eigenvalue weighted by Gasteiger charge is -2.31. The number of ether oxygens (including phenoxy) is 1. The first-order chi connectivity index (χ1) is 11.5. The lowest BCUT2D eigenvalue weighted by Crippen LogP contribution is -2.38. The second kappa shape index (κ2) is 5.77. The van der Waals surface area contributed by atoms with Gasteiger partial charge in [-0.05, 0) is 12.8 Å². The van der Waals surface area contributed by atoms with E-state index in [0.717, 1.165) is 50.5 Å². The van der Waals surface area contributed by atoms with Gasteiger partial charge in [-0.2, -0.15) is 0 Å². The van der Waals surface area contributed by atoms with Crippen molar-refractivity contribution in [2.45, 2.75) is 31.0 Å². The maximum atomic E-state index is 11.7. The van der Waals surface area contributed by atoms with E-state index in [1.807, 2.05) is 6.07 Å². The monoisotopic (exact) mass is 333 g/mol. The molecule has 1 aromatic heterocycles. The first kappa shape index (κ1) is 15.4. The second-order valence-corrected chi connectivity index (χ2v) is 7.03. The Labute approximate surface area is 141 Å². The van der Waals surface area contributed by atoms with Gasteiger partial charge in [0, 0.05) is 39.2 Å². The molecular weight excluding hydrogens is 310 g/mol. The van der Waals surface area contributed by atoms with Gasteiger partial charge in [0.25, 0.3) is 0 Å². The van der Waals surface area contributed by atoms with Gasteiger partial charge in [0.1, 0.15) is 18.0 Å². The molecule has 0 aliphatic carbocycles. The molecule has 1 N–H and O–H groups in total. The standard InChI is InChI=1S/C16H23N5O3/c1-19-9-16(24-15(19)23)4-7-21(10-16)14-8-13(17-11-18-14)20-5-2-12(22)3-6-20/h8,11-12,22H,2-7,9-10H2,1H3/t16-/m1/s1. The van der Waals surface area contributed by atoms with Crippen LogP contribution in [0.2, 0.25) is 0 Å². The van der Waals surface area contributed by atoms with Crippen molar-refractivity contribution < 1.29 is 14.6 Å². The zero-order chi connectivity index (χ0) is 16.7. The molecule has 0 saturated carbocycles. The van der Waals surface area contributed by atoms with Crippen LogP contribution in [-0.4, -0.2) is 77.5 Å². The van der Waals surface area contributed by atoms with Gasteiger partial charge in [-0.3, -0.25) is 0 Å². The molecule has 0 bridgehead atoms. The van der Waals surface area contributed by atoms with Crippen LogP contribution in [0, 0.1) is 0 Å². The van der Waals surface area contributed by atoms with Crippen molar-refractivity contribution in [3.8, 4) is 0 Å². The third-order valence-corrected chi connectivity index (χ3v) is 5.21. The minimum Gasteiger partial charge on any atom is -0.439 e. The van der Waals surface area contributed by atoms with Gasteiger partial charge in [0.2, 0.25) is 0 Å². The molecule has 0 unspecified atom stereocenters. The van der Waals surface area contributed by atoms with Crippen molar-refractivity contribution in [3.63, 3.8) is 0 Å². The van der Waals surface area contributed by atoms with Crippen molar-refractivity contribution in [1.29, 1.82) is 0 Å². The SMILES string of the molecule is CN1C[C@@]2(CCN(c3cc(N4CCC(O)CC4)ncn3)C2)OC1=O. The van der Waals surface area contributed by atoms with Crippen molar-refractivity contribution in [2.24, 2.45) is 0 Å². The zero-order valence-corrected chi connectivity index (χ0v) is 13.9. The summed E-state index contributed by atoms with van der Waals surface area (Å²) in [6.45, 7) is 3.73. The highest BCUT2D eigenvalue weighted by molar-refractivity contribution is 5.70. The Morgan fingerprint density at radius 1 is 1.17 bits per heavy atom. The van der Waals surface area contributed by atoms with E-state index in [1.54, 1.807) is 18.3 Å². The number of piperidine rings is 1. The third kappa shape index (κ3) is 2.75. The molecule has 3 fully saturated rings. The maximum Gasteiger partial charge on any atom is 0.410 e. The van der Waals surface area contributed by atoms with Crippen molar-refractivity contribution in [2.75, 3.05) is 49.6 Å². The minimum atomic E-state index is -0.411. The zero-order valence-electron chi connectivity index (χ0n) is 13.9. The fraction of sp³-hybridized carbons (Fsp3) is 0.688. The Kier molecular flexibility index (Phi) is 3.71. The molecule has 1 atom stereocenters. The van der Waals surface area contributed by atoms with Crippen LogP contribution in [0.25, 0.3) is 0 Å². The van der Waals surface area contributed by atoms with Gasteiger partial charge in [0.05, 0.1) is 19.2 Å². The molecule has 1 spiro atoms. The van der Waals surface area contributed by atoms with E-state index in [9.17, 15) is 9.90 Å². The molecule has 0 radical (unpaired) electrons. The number of hydrogen-bond donors (Lipinski definition) is 1. The number of nitrogens with zero attached hydrogens (tertiary/aromatic N) is 5. The number of hydrogen-bond acceptors (Lipinski definition) is 7. The summed E-state index contributed by atoms with van der Waals surface area (Å²) in [6.07, 6.45) is 3.51. The maximum absolute atomic E-state index is 11.7. The van der Waals surface area contributed by atoms with Crippen molar-refractivity contribution in [1.82, 2.24) is 14.9 Å². The van der Waals surface area contributed by atoms with Gasteiger partial charge >= 0.3 is 6.09 Å². The first-order valence-corrected chi connectivity index (χ1v) is 8.49. The molecule has 3 saturated heterocycles. The number of amides is 1. The molecule has 4 rings (SSSR count). The lowest BCUT2D eigenvalue weighted by atomic mass is 10.0. The van der Waals surface area contributed by atoms with E-state index < -0.39 is 5.60 Å². The Morgan fingerprint density at radius 2 is 1.88 bits per heavy atom. The van der Waals surface area contributed by atoms with Gasteiger partial charge in [-0.25, -0.2) is 14.8 Å². The highest BCUT2D eigenvalue weighted by Crippen LogP contribution is 2.34. The predicted molar refractivity (Wildman–Crippen MR) is 88.2 cm³/mol. The predicted octanol–water partition coefficient (Wildman–Crippen LogP) is 0.469. The van der Waals surface area contributed by atoms with Crippen LogP contribution in [0.15, 0.2) is 12.4 Å². The molecule has 3 aliphatic heterocycles. The number of likely N-dealkylation sites (N-methyl/N-ethyl adjacent to an activating group) is 1. The van der Waals surface area contributed by atoms with Crippen LogP contribution in [0.5, 0.6) is 0 Å². The summed E-state index contributed by atoms with van der Waals surface area (Å²) in [5, 5.41) is 9.65. The van der Waals surface area contributed by atoms with E-state index in [-0.39, 0.29) is 12.2 Å². The first-order valence-electron chi connectivity index (χ1n) is 8.49. The Balaban J connectivity index is 1.48. The van der Waals surface area contributed by atoms with Crippen molar-refractivity contribution >= 4 is 17.7 Å². The molecule has 3 aliphatic rings. The van der Waals surface area contributed by atoms with Crippen LogP contribution in [0.1, 0.15) is 19.3 Å². The van der Waals surface area contributed by atoms with E-state index in [2.05, 4.69) is 19.8 Å². The number of aliphatic hydroxyl groups excluding tert-OH is 1. The van der Waals surface area contributed by atoms with Gasteiger partial charge < -0.3 is 24.5 Å². The molecule has 1 aromatic rings. The van der Waals surface area contributed by atoms with Crippen LogP contribution in [0.3, 0.4) is 0 Å². The summed E-state index contributed by atoms with van der Waals surface area (Å²) < 4.78 is 5.60. The molecule has 0 aromatic carbocycles. The van der Waals surface area contributed by atoms with E-state index >= 15 is 0 Å². The molecule has 8 nitrogen and oxygen atoms in total. The number of carbonyl (C=O) groups is 1.